The molecule has 2 N–H and O–H groups in total. The lowest BCUT2D eigenvalue weighted by Gasteiger charge is -2.47. The van der Waals surface area contributed by atoms with E-state index in [2.05, 4.69) is 17.2 Å². The summed E-state index contributed by atoms with van der Waals surface area (Å²) in [4.78, 5) is 26.3. The maximum Gasteiger partial charge on any atom is 0.238 e. The fraction of sp³-hybridized carbons (Fsp3) is 0.304. The summed E-state index contributed by atoms with van der Waals surface area (Å²) < 4.78 is 0. The highest BCUT2D eigenvalue weighted by Gasteiger charge is 2.61. The van der Waals surface area contributed by atoms with Crippen LogP contribution in [0.2, 0.25) is 5.02 Å². The van der Waals surface area contributed by atoms with Gasteiger partial charge in [-0.25, -0.2) is 0 Å². The predicted molar refractivity (Wildman–Crippen MR) is 112 cm³/mol. The number of amides is 2. The summed E-state index contributed by atoms with van der Waals surface area (Å²) in [5, 5.41) is 6.66. The Morgan fingerprint density at radius 2 is 2.00 bits per heavy atom. The highest BCUT2D eigenvalue weighted by atomic mass is 35.5. The molecule has 2 aromatic rings. The standard InChI is InChI=1S/C23H23ClN2O2/c1-4-13(2)21-23(17-10-9-15(24)11-19(17)25-22(23)28)18(12-20(27)26-21)16-8-6-5-7-14(16)3/h5-11,18,21H,2,4,12H2,1,3H3,(H,25,28)(H,26,27)/t18-,21+,23-/m0/s1. The number of aryl methyl sites for hydroxylation is 1. The zero-order valence-corrected chi connectivity index (χ0v) is 16.8. The number of piperidine rings is 1. The Bertz CT molecular complexity index is 1000. The first-order valence-electron chi connectivity index (χ1n) is 9.53. The molecule has 2 heterocycles. The van der Waals surface area contributed by atoms with E-state index in [9.17, 15) is 9.59 Å². The number of fused-ring (bicyclic) bond motifs is 2. The molecule has 4 nitrogen and oxygen atoms in total. The summed E-state index contributed by atoms with van der Waals surface area (Å²) in [5.41, 5.74) is 3.55. The van der Waals surface area contributed by atoms with Crippen molar-refractivity contribution >= 4 is 29.1 Å². The van der Waals surface area contributed by atoms with Gasteiger partial charge in [0.15, 0.2) is 0 Å². The third kappa shape index (κ3) is 2.59. The maximum absolute atomic E-state index is 13.6. The quantitative estimate of drug-likeness (QED) is 0.754. The van der Waals surface area contributed by atoms with Gasteiger partial charge in [0.05, 0.1) is 6.04 Å². The highest BCUT2D eigenvalue weighted by Crippen LogP contribution is 2.54. The molecule has 28 heavy (non-hydrogen) atoms. The molecule has 5 heteroatoms. The van der Waals surface area contributed by atoms with E-state index < -0.39 is 11.5 Å². The molecule has 1 saturated heterocycles. The molecule has 0 aromatic heterocycles. The van der Waals surface area contributed by atoms with Crippen molar-refractivity contribution in [1.29, 1.82) is 0 Å². The monoisotopic (exact) mass is 394 g/mol. The molecule has 2 aliphatic heterocycles. The summed E-state index contributed by atoms with van der Waals surface area (Å²) in [6, 6.07) is 13.0. The molecule has 1 fully saturated rings. The lowest BCUT2D eigenvalue weighted by atomic mass is 9.58. The van der Waals surface area contributed by atoms with Gasteiger partial charge in [-0.05, 0) is 42.2 Å². The third-order valence-electron chi connectivity index (χ3n) is 6.18. The van der Waals surface area contributed by atoms with Crippen molar-refractivity contribution in [2.45, 2.75) is 44.1 Å². The SMILES string of the molecule is C=C(CC)[C@H]1NC(=O)C[C@@H](c2ccccc2C)[C@]12C(=O)Nc1cc(Cl)ccc12. The number of hydrogen-bond acceptors (Lipinski definition) is 2. The topological polar surface area (TPSA) is 58.2 Å². The van der Waals surface area contributed by atoms with Crippen molar-refractivity contribution in [2.24, 2.45) is 0 Å². The number of carbonyl (C=O) groups is 2. The van der Waals surface area contributed by atoms with Gasteiger partial charge < -0.3 is 10.6 Å². The van der Waals surface area contributed by atoms with E-state index in [1.54, 1.807) is 12.1 Å². The molecule has 0 unspecified atom stereocenters. The summed E-state index contributed by atoms with van der Waals surface area (Å²) in [6.45, 7) is 8.22. The number of halogens is 1. The number of rotatable bonds is 3. The molecule has 144 valence electrons. The molecule has 2 aliphatic rings. The summed E-state index contributed by atoms with van der Waals surface area (Å²) in [7, 11) is 0. The second-order valence-electron chi connectivity index (χ2n) is 7.64. The summed E-state index contributed by atoms with van der Waals surface area (Å²) in [6.07, 6.45) is 0.914. The van der Waals surface area contributed by atoms with Gasteiger partial charge >= 0.3 is 0 Å². The van der Waals surface area contributed by atoms with Crippen molar-refractivity contribution < 1.29 is 9.59 Å². The number of nitrogens with one attached hydrogen (secondary N) is 2. The van der Waals surface area contributed by atoms with Crippen molar-refractivity contribution in [3.8, 4) is 0 Å². The van der Waals surface area contributed by atoms with Crippen LogP contribution in [-0.2, 0) is 15.0 Å². The van der Waals surface area contributed by atoms with Gasteiger partial charge in [0.25, 0.3) is 0 Å². The Hall–Kier alpha value is -2.59. The Morgan fingerprint density at radius 1 is 1.25 bits per heavy atom. The Kier molecular flexibility index (Phi) is 4.54. The average molecular weight is 395 g/mol. The number of hydrogen-bond donors (Lipinski definition) is 2. The van der Waals surface area contributed by atoms with Crippen molar-refractivity contribution in [3.63, 3.8) is 0 Å². The minimum Gasteiger partial charge on any atom is -0.348 e. The smallest absolute Gasteiger partial charge is 0.238 e. The van der Waals surface area contributed by atoms with Gasteiger partial charge in [0.1, 0.15) is 5.41 Å². The Morgan fingerprint density at radius 3 is 2.71 bits per heavy atom. The highest BCUT2D eigenvalue weighted by molar-refractivity contribution is 6.31. The molecule has 3 atom stereocenters. The van der Waals surface area contributed by atoms with Crippen LogP contribution in [0.15, 0.2) is 54.6 Å². The van der Waals surface area contributed by atoms with Gasteiger partial charge in [0.2, 0.25) is 11.8 Å². The van der Waals surface area contributed by atoms with Gasteiger partial charge in [-0.1, -0.05) is 61.0 Å². The maximum atomic E-state index is 13.6. The predicted octanol–water partition coefficient (Wildman–Crippen LogP) is 4.48. The molecule has 0 aliphatic carbocycles. The normalized spacial score (nSPS) is 26.0. The second-order valence-corrected chi connectivity index (χ2v) is 8.08. The molecular weight excluding hydrogens is 372 g/mol. The van der Waals surface area contributed by atoms with Crippen LogP contribution in [0.4, 0.5) is 5.69 Å². The number of anilines is 1. The van der Waals surface area contributed by atoms with E-state index in [1.807, 2.05) is 44.2 Å². The molecule has 2 amide bonds. The second kappa shape index (κ2) is 6.78. The van der Waals surface area contributed by atoms with Crippen molar-refractivity contribution in [2.75, 3.05) is 5.32 Å². The van der Waals surface area contributed by atoms with E-state index in [0.717, 1.165) is 22.3 Å². The molecule has 4 rings (SSSR count). The molecule has 0 saturated carbocycles. The number of carbonyl (C=O) groups excluding carboxylic acids is 2. The summed E-state index contributed by atoms with van der Waals surface area (Å²) in [5.74, 6) is -0.468. The molecule has 0 radical (unpaired) electrons. The third-order valence-corrected chi connectivity index (χ3v) is 6.41. The molecule has 2 aromatic carbocycles. The van der Waals surface area contributed by atoms with Crippen molar-refractivity contribution in [3.05, 3.63) is 76.3 Å². The first-order chi connectivity index (χ1) is 13.4. The van der Waals surface area contributed by atoms with Crippen LogP contribution in [0.3, 0.4) is 0 Å². The average Bonchev–Trinajstić information content (AvgIpc) is 2.95. The van der Waals surface area contributed by atoms with Crippen LogP contribution in [0.1, 0.15) is 42.4 Å². The minimum atomic E-state index is -0.951. The lowest BCUT2D eigenvalue weighted by Crippen LogP contribution is -2.62. The first-order valence-corrected chi connectivity index (χ1v) is 9.91. The minimum absolute atomic E-state index is 0.0614. The van der Waals surface area contributed by atoms with E-state index in [0.29, 0.717) is 17.1 Å². The largest absolute Gasteiger partial charge is 0.348 e. The fourth-order valence-electron chi connectivity index (χ4n) is 4.80. The van der Waals surface area contributed by atoms with Crippen LogP contribution < -0.4 is 10.6 Å². The van der Waals surface area contributed by atoms with Gasteiger partial charge in [-0.15, -0.1) is 0 Å². The zero-order chi connectivity index (χ0) is 20.1. The van der Waals surface area contributed by atoms with Gasteiger partial charge in [-0.2, -0.15) is 0 Å². The van der Waals surface area contributed by atoms with Crippen LogP contribution >= 0.6 is 11.6 Å². The van der Waals surface area contributed by atoms with Crippen LogP contribution in [-0.4, -0.2) is 17.9 Å². The number of benzene rings is 2. The molecular formula is C23H23ClN2O2. The van der Waals surface area contributed by atoms with Crippen molar-refractivity contribution in [1.82, 2.24) is 5.32 Å². The van der Waals surface area contributed by atoms with E-state index in [4.69, 9.17) is 11.6 Å². The van der Waals surface area contributed by atoms with Gasteiger partial charge in [0, 0.05) is 23.0 Å². The Labute approximate surface area is 170 Å². The van der Waals surface area contributed by atoms with E-state index in [-0.39, 0.29) is 24.2 Å². The van der Waals surface area contributed by atoms with Crippen LogP contribution in [0, 0.1) is 6.92 Å². The van der Waals surface area contributed by atoms with Crippen LogP contribution in [0.5, 0.6) is 0 Å². The molecule has 1 spiro atoms. The first kappa shape index (κ1) is 18.8. The van der Waals surface area contributed by atoms with Gasteiger partial charge in [-0.3, -0.25) is 9.59 Å². The van der Waals surface area contributed by atoms with Crippen LogP contribution in [0.25, 0.3) is 0 Å². The van der Waals surface area contributed by atoms with E-state index >= 15 is 0 Å². The van der Waals surface area contributed by atoms with E-state index in [1.165, 1.54) is 0 Å². The zero-order valence-electron chi connectivity index (χ0n) is 16.0. The molecule has 0 bridgehead atoms. The lowest BCUT2D eigenvalue weighted by molar-refractivity contribution is -0.130. The fourth-order valence-corrected chi connectivity index (χ4v) is 4.98. The summed E-state index contributed by atoms with van der Waals surface area (Å²) >= 11 is 6.19. The Balaban J connectivity index is 2.03.